The van der Waals surface area contributed by atoms with Gasteiger partial charge in [-0.2, -0.15) is 13.2 Å². The molecule has 156 valence electrons. The SMILES string of the molecule is CCc1cnc(CNC(=NC)NCc2ccc(COCC(F)(F)F)cc2)s1.I. The van der Waals surface area contributed by atoms with Gasteiger partial charge in [-0.15, -0.1) is 35.3 Å². The third-order valence-electron chi connectivity index (χ3n) is 3.60. The third kappa shape index (κ3) is 9.20. The zero-order valence-electron chi connectivity index (χ0n) is 15.7. The highest BCUT2D eigenvalue weighted by molar-refractivity contribution is 14.0. The van der Waals surface area contributed by atoms with Crippen molar-refractivity contribution in [2.75, 3.05) is 13.7 Å². The molecule has 0 atom stereocenters. The van der Waals surface area contributed by atoms with Gasteiger partial charge >= 0.3 is 6.18 Å². The molecule has 2 N–H and O–H groups in total. The van der Waals surface area contributed by atoms with E-state index in [0.717, 1.165) is 17.0 Å². The molecule has 0 aliphatic rings. The molecule has 0 spiro atoms. The predicted molar refractivity (Wildman–Crippen MR) is 116 cm³/mol. The number of thiazole rings is 1. The van der Waals surface area contributed by atoms with Gasteiger partial charge in [0.15, 0.2) is 5.96 Å². The first-order valence-electron chi connectivity index (χ1n) is 8.50. The van der Waals surface area contributed by atoms with Crippen molar-refractivity contribution in [1.29, 1.82) is 0 Å². The number of nitrogens with zero attached hydrogens (tertiary/aromatic N) is 2. The Bertz CT molecular complexity index is 735. The maximum absolute atomic E-state index is 12.1. The summed E-state index contributed by atoms with van der Waals surface area (Å²) >= 11 is 1.67. The minimum absolute atomic E-state index is 0. The summed E-state index contributed by atoms with van der Waals surface area (Å²) in [5.74, 6) is 0.654. The van der Waals surface area contributed by atoms with Gasteiger partial charge < -0.3 is 15.4 Å². The molecule has 1 aromatic heterocycles. The lowest BCUT2D eigenvalue weighted by Crippen LogP contribution is -2.36. The quantitative estimate of drug-likeness (QED) is 0.306. The smallest absolute Gasteiger partial charge is 0.367 e. The number of aromatic nitrogens is 1. The van der Waals surface area contributed by atoms with E-state index in [1.54, 1.807) is 30.5 Å². The van der Waals surface area contributed by atoms with E-state index < -0.39 is 12.8 Å². The topological polar surface area (TPSA) is 58.5 Å². The molecule has 2 rings (SSSR count). The van der Waals surface area contributed by atoms with Crippen LogP contribution in [0.1, 0.15) is 27.9 Å². The van der Waals surface area contributed by atoms with Crippen molar-refractivity contribution in [3.63, 3.8) is 0 Å². The number of rotatable bonds is 8. The number of guanidine groups is 1. The minimum Gasteiger partial charge on any atom is -0.367 e. The van der Waals surface area contributed by atoms with Crippen molar-refractivity contribution < 1.29 is 17.9 Å². The van der Waals surface area contributed by atoms with E-state index in [9.17, 15) is 13.2 Å². The summed E-state index contributed by atoms with van der Waals surface area (Å²) in [6.45, 7) is 1.93. The van der Waals surface area contributed by atoms with E-state index in [4.69, 9.17) is 0 Å². The highest BCUT2D eigenvalue weighted by atomic mass is 127. The number of ether oxygens (including phenoxy) is 1. The fraction of sp³-hybridized carbons (Fsp3) is 0.444. The van der Waals surface area contributed by atoms with Gasteiger partial charge in [0.2, 0.25) is 0 Å². The van der Waals surface area contributed by atoms with Gasteiger partial charge in [0.05, 0.1) is 13.2 Å². The van der Waals surface area contributed by atoms with Gasteiger partial charge in [0.25, 0.3) is 0 Å². The van der Waals surface area contributed by atoms with Crippen molar-refractivity contribution in [2.45, 2.75) is 39.2 Å². The average Bonchev–Trinajstić information content (AvgIpc) is 3.10. The number of halogens is 4. The Hall–Kier alpha value is -1.40. The molecule has 0 amide bonds. The fourth-order valence-electron chi connectivity index (χ4n) is 2.20. The number of nitrogens with one attached hydrogen (secondary N) is 2. The Labute approximate surface area is 183 Å². The van der Waals surface area contributed by atoms with Crippen molar-refractivity contribution in [3.8, 4) is 0 Å². The fourth-order valence-corrected chi connectivity index (χ4v) is 3.00. The molecule has 0 aliphatic heterocycles. The molecule has 2 aromatic rings. The van der Waals surface area contributed by atoms with Crippen LogP contribution in [-0.4, -0.2) is 30.8 Å². The molecule has 0 aliphatic carbocycles. The highest BCUT2D eigenvalue weighted by Gasteiger charge is 2.27. The lowest BCUT2D eigenvalue weighted by molar-refractivity contribution is -0.176. The summed E-state index contributed by atoms with van der Waals surface area (Å²) in [6.07, 6.45) is -1.44. The number of aliphatic imine (C=N–C) groups is 1. The molecule has 28 heavy (non-hydrogen) atoms. The van der Waals surface area contributed by atoms with Crippen LogP contribution in [0.4, 0.5) is 13.2 Å². The number of benzene rings is 1. The van der Waals surface area contributed by atoms with E-state index in [1.807, 2.05) is 18.3 Å². The van der Waals surface area contributed by atoms with Crippen LogP contribution in [0.5, 0.6) is 0 Å². The Balaban J connectivity index is 0.00000392. The summed E-state index contributed by atoms with van der Waals surface area (Å²) in [7, 11) is 1.69. The average molecular weight is 528 g/mol. The monoisotopic (exact) mass is 528 g/mol. The number of aryl methyl sites for hydroxylation is 1. The lowest BCUT2D eigenvalue weighted by atomic mass is 10.1. The molecule has 1 aromatic carbocycles. The molecule has 10 heteroatoms. The molecule has 0 bridgehead atoms. The van der Waals surface area contributed by atoms with Crippen LogP contribution in [0.2, 0.25) is 0 Å². The van der Waals surface area contributed by atoms with Crippen LogP contribution in [0.3, 0.4) is 0 Å². The van der Waals surface area contributed by atoms with Gasteiger partial charge in [0, 0.05) is 24.7 Å². The Morgan fingerprint density at radius 3 is 2.36 bits per heavy atom. The van der Waals surface area contributed by atoms with E-state index in [-0.39, 0.29) is 30.6 Å². The number of alkyl halides is 3. The standard InChI is InChI=1S/C18H23F3N4OS.HI/c1-3-15-9-23-16(27-15)10-25-17(22-2)24-8-13-4-6-14(7-5-13)11-26-12-18(19,20)21;/h4-7,9H,3,8,10-12H2,1-2H3,(H2,22,24,25);1H. The highest BCUT2D eigenvalue weighted by Crippen LogP contribution is 2.16. The first-order valence-corrected chi connectivity index (χ1v) is 9.31. The summed E-state index contributed by atoms with van der Waals surface area (Å²) in [5.41, 5.74) is 1.68. The number of hydrogen-bond acceptors (Lipinski definition) is 4. The maximum Gasteiger partial charge on any atom is 0.411 e. The third-order valence-corrected chi connectivity index (χ3v) is 4.74. The van der Waals surface area contributed by atoms with Gasteiger partial charge in [-0.25, -0.2) is 4.98 Å². The molecule has 0 saturated heterocycles. The second-order valence-corrected chi connectivity index (χ2v) is 6.98. The molecular weight excluding hydrogens is 504 g/mol. The van der Waals surface area contributed by atoms with E-state index in [2.05, 4.69) is 32.3 Å². The first kappa shape index (κ1) is 24.6. The van der Waals surface area contributed by atoms with Crippen LogP contribution >= 0.6 is 35.3 Å². The summed E-state index contributed by atoms with van der Waals surface area (Å²) < 4.78 is 40.9. The van der Waals surface area contributed by atoms with E-state index in [1.165, 1.54) is 4.88 Å². The lowest BCUT2D eigenvalue weighted by Gasteiger charge is -2.11. The molecule has 0 unspecified atom stereocenters. The van der Waals surface area contributed by atoms with Crippen molar-refractivity contribution in [3.05, 3.63) is 51.5 Å². The zero-order valence-corrected chi connectivity index (χ0v) is 18.8. The van der Waals surface area contributed by atoms with Crippen LogP contribution in [0.15, 0.2) is 35.5 Å². The van der Waals surface area contributed by atoms with Crippen LogP contribution in [0, 0.1) is 0 Å². The van der Waals surface area contributed by atoms with Crippen LogP contribution in [-0.2, 0) is 30.9 Å². The predicted octanol–water partition coefficient (Wildman–Crippen LogP) is 4.27. The van der Waals surface area contributed by atoms with E-state index >= 15 is 0 Å². The van der Waals surface area contributed by atoms with Gasteiger partial charge in [0.1, 0.15) is 11.6 Å². The zero-order chi connectivity index (χ0) is 19.7. The summed E-state index contributed by atoms with van der Waals surface area (Å²) in [6, 6.07) is 7.21. The molecule has 0 radical (unpaired) electrons. The van der Waals surface area contributed by atoms with Gasteiger partial charge in [-0.3, -0.25) is 4.99 Å². The van der Waals surface area contributed by atoms with Crippen molar-refractivity contribution >= 4 is 41.3 Å². The second-order valence-electron chi connectivity index (χ2n) is 5.78. The summed E-state index contributed by atoms with van der Waals surface area (Å²) in [4.78, 5) is 9.77. The Kier molecular flexibility index (Phi) is 10.8. The van der Waals surface area contributed by atoms with Crippen LogP contribution < -0.4 is 10.6 Å². The van der Waals surface area contributed by atoms with Gasteiger partial charge in [-0.05, 0) is 17.5 Å². The van der Waals surface area contributed by atoms with Crippen molar-refractivity contribution in [2.24, 2.45) is 4.99 Å². The molecule has 1 heterocycles. The summed E-state index contributed by atoms with van der Waals surface area (Å²) in [5, 5.41) is 7.40. The maximum atomic E-state index is 12.1. The number of hydrogen-bond donors (Lipinski definition) is 2. The molecule has 0 fully saturated rings. The van der Waals surface area contributed by atoms with Gasteiger partial charge in [-0.1, -0.05) is 31.2 Å². The van der Waals surface area contributed by atoms with Crippen molar-refractivity contribution in [1.82, 2.24) is 15.6 Å². The molecular formula is C18H24F3IN4OS. The first-order chi connectivity index (χ1) is 12.9. The molecule has 5 nitrogen and oxygen atoms in total. The Morgan fingerprint density at radius 1 is 1.14 bits per heavy atom. The largest absolute Gasteiger partial charge is 0.411 e. The Morgan fingerprint density at radius 2 is 1.79 bits per heavy atom. The normalized spacial score (nSPS) is 11.8. The van der Waals surface area contributed by atoms with E-state index in [0.29, 0.717) is 24.6 Å². The van der Waals surface area contributed by atoms with Crippen LogP contribution in [0.25, 0.3) is 0 Å². The second kappa shape index (κ2) is 12.2. The minimum atomic E-state index is -4.30. The molecule has 0 saturated carbocycles.